The number of likely N-dealkylation sites (tertiary alicyclic amines) is 1. The van der Waals surface area contributed by atoms with Crippen molar-refractivity contribution < 1.29 is 9.53 Å². The molecule has 2 aromatic heterocycles. The summed E-state index contributed by atoms with van der Waals surface area (Å²) in [5, 5.41) is 0.389. The van der Waals surface area contributed by atoms with Crippen LogP contribution in [-0.2, 0) is 25.3 Å². The predicted octanol–water partition coefficient (Wildman–Crippen LogP) is 1.94. The third-order valence-electron chi connectivity index (χ3n) is 6.00. The molecule has 0 saturated carbocycles. The fourth-order valence-electron chi connectivity index (χ4n) is 4.21. The number of fused-ring (bicyclic) bond motifs is 1. The van der Waals surface area contributed by atoms with Crippen molar-refractivity contribution >= 4 is 16.9 Å². The summed E-state index contributed by atoms with van der Waals surface area (Å²) in [7, 11) is 4.67. The summed E-state index contributed by atoms with van der Waals surface area (Å²) in [4.78, 5) is 44.5. The van der Waals surface area contributed by atoms with Gasteiger partial charge >= 0.3 is 5.69 Å². The second kappa shape index (κ2) is 8.37. The summed E-state index contributed by atoms with van der Waals surface area (Å²) in [6, 6.07) is 10.8. The van der Waals surface area contributed by atoms with Crippen LogP contribution in [-0.4, -0.2) is 38.6 Å². The molecule has 8 heteroatoms. The number of rotatable bonds is 4. The molecule has 1 atom stereocenters. The van der Waals surface area contributed by atoms with Crippen LogP contribution in [0.1, 0.15) is 36.6 Å². The maximum Gasteiger partial charge on any atom is 0.332 e. The van der Waals surface area contributed by atoms with E-state index in [1.165, 1.54) is 11.6 Å². The number of methoxy groups -OCH3 is 1. The Bertz CT molecular complexity index is 1240. The number of benzene rings is 1. The van der Waals surface area contributed by atoms with Crippen LogP contribution < -0.4 is 16.0 Å². The Morgan fingerprint density at radius 2 is 1.81 bits per heavy atom. The highest BCUT2D eigenvalue weighted by Crippen LogP contribution is 2.31. The average Bonchev–Trinajstić information content (AvgIpc) is 2.81. The van der Waals surface area contributed by atoms with E-state index in [4.69, 9.17) is 4.74 Å². The van der Waals surface area contributed by atoms with Crippen molar-refractivity contribution in [3.8, 4) is 5.75 Å². The van der Waals surface area contributed by atoms with Crippen LogP contribution in [0.5, 0.6) is 5.75 Å². The summed E-state index contributed by atoms with van der Waals surface area (Å²) in [6.07, 6.45) is 3.03. The third kappa shape index (κ3) is 3.85. The number of ether oxygens (including phenoxy) is 1. The lowest BCUT2D eigenvalue weighted by atomic mass is 9.97. The molecule has 8 nitrogen and oxygen atoms in total. The fourth-order valence-corrected chi connectivity index (χ4v) is 4.21. The number of hydrogen-bond acceptors (Lipinski definition) is 5. The first kappa shape index (κ1) is 20.8. The van der Waals surface area contributed by atoms with Gasteiger partial charge in [0.25, 0.3) is 5.56 Å². The number of carbonyl (C=O) groups excluding carboxylic acids is 1. The van der Waals surface area contributed by atoms with Crippen LogP contribution in [0.3, 0.4) is 0 Å². The molecule has 1 amide bonds. The number of amides is 1. The molecule has 0 radical (unpaired) electrons. The second-order valence-electron chi connectivity index (χ2n) is 7.94. The van der Waals surface area contributed by atoms with E-state index in [1.54, 1.807) is 26.3 Å². The van der Waals surface area contributed by atoms with Crippen molar-refractivity contribution in [1.29, 1.82) is 0 Å². The van der Waals surface area contributed by atoms with Crippen LogP contribution in [0, 0.1) is 0 Å². The normalized spacial score (nSPS) is 16.5. The zero-order valence-electron chi connectivity index (χ0n) is 18.0. The number of pyridine rings is 1. The van der Waals surface area contributed by atoms with Gasteiger partial charge in [0.05, 0.1) is 30.7 Å². The second-order valence-corrected chi connectivity index (χ2v) is 7.94. The summed E-state index contributed by atoms with van der Waals surface area (Å²) < 4.78 is 7.64. The Hall–Kier alpha value is -3.42. The van der Waals surface area contributed by atoms with Crippen LogP contribution in [0.15, 0.2) is 46.0 Å². The zero-order valence-corrected chi connectivity index (χ0v) is 18.0. The first-order chi connectivity index (χ1) is 14.9. The number of nitrogens with zero attached hydrogens (tertiary/aromatic N) is 4. The molecule has 1 fully saturated rings. The lowest BCUT2D eigenvalue weighted by molar-refractivity contribution is -0.134. The van der Waals surface area contributed by atoms with E-state index in [9.17, 15) is 14.4 Å². The molecule has 31 heavy (non-hydrogen) atoms. The quantitative estimate of drug-likeness (QED) is 0.641. The van der Waals surface area contributed by atoms with Crippen molar-refractivity contribution in [3.05, 3.63) is 68.5 Å². The van der Waals surface area contributed by atoms with Crippen molar-refractivity contribution in [3.63, 3.8) is 0 Å². The zero-order chi connectivity index (χ0) is 22.1. The molecule has 0 unspecified atom stereocenters. The molecule has 4 rings (SSSR count). The summed E-state index contributed by atoms with van der Waals surface area (Å²) in [5.41, 5.74) is 1.19. The lowest BCUT2D eigenvalue weighted by Gasteiger charge is -2.35. The number of aromatic nitrogens is 3. The van der Waals surface area contributed by atoms with Gasteiger partial charge in [0.1, 0.15) is 11.4 Å². The fraction of sp³-hybridized carbons (Fsp3) is 0.391. The standard InChI is InChI=1S/C23H26N4O4/c1-25-21-17(22(29)26(2)23(25)30)11-12-18(24-21)19-6-4-5-13-27(19)20(28)14-15-7-9-16(31-3)10-8-15/h7-12,19H,4-6,13-14H2,1-3H3/t19-/m1/s1. The van der Waals surface area contributed by atoms with Gasteiger partial charge in [-0.3, -0.25) is 18.7 Å². The first-order valence-electron chi connectivity index (χ1n) is 10.4. The van der Waals surface area contributed by atoms with Gasteiger partial charge in [0.2, 0.25) is 5.91 Å². The lowest BCUT2D eigenvalue weighted by Crippen LogP contribution is -2.40. The van der Waals surface area contributed by atoms with Gasteiger partial charge in [-0.1, -0.05) is 12.1 Å². The van der Waals surface area contributed by atoms with Gasteiger partial charge in [-0.2, -0.15) is 0 Å². The third-order valence-corrected chi connectivity index (χ3v) is 6.00. The minimum atomic E-state index is -0.418. The highest BCUT2D eigenvalue weighted by molar-refractivity contribution is 5.80. The maximum absolute atomic E-state index is 13.1. The first-order valence-corrected chi connectivity index (χ1v) is 10.4. The van der Waals surface area contributed by atoms with E-state index < -0.39 is 5.69 Å². The highest BCUT2D eigenvalue weighted by atomic mass is 16.5. The van der Waals surface area contributed by atoms with Crippen LogP contribution >= 0.6 is 0 Å². The van der Waals surface area contributed by atoms with Crippen molar-refractivity contribution in [1.82, 2.24) is 19.0 Å². The minimum absolute atomic E-state index is 0.0367. The number of aryl methyl sites for hydroxylation is 1. The number of piperidine rings is 1. The van der Waals surface area contributed by atoms with E-state index in [1.807, 2.05) is 29.2 Å². The van der Waals surface area contributed by atoms with Crippen LogP contribution in [0.4, 0.5) is 0 Å². The molecule has 1 saturated heterocycles. The molecule has 0 spiro atoms. The van der Waals surface area contributed by atoms with E-state index in [2.05, 4.69) is 4.98 Å². The van der Waals surface area contributed by atoms with Crippen molar-refractivity contribution in [2.24, 2.45) is 14.1 Å². The van der Waals surface area contributed by atoms with Gasteiger partial charge in [0, 0.05) is 20.6 Å². The molecule has 3 heterocycles. The van der Waals surface area contributed by atoms with E-state index in [0.717, 1.165) is 35.1 Å². The van der Waals surface area contributed by atoms with Crippen LogP contribution in [0.25, 0.3) is 11.0 Å². The van der Waals surface area contributed by atoms with E-state index >= 15 is 0 Å². The summed E-state index contributed by atoms with van der Waals surface area (Å²) in [6.45, 7) is 0.662. The number of carbonyl (C=O) groups is 1. The average molecular weight is 422 g/mol. The van der Waals surface area contributed by atoms with Crippen molar-refractivity contribution in [2.75, 3.05) is 13.7 Å². The van der Waals surface area contributed by atoms with Gasteiger partial charge in [-0.25, -0.2) is 9.78 Å². The minimum Gasteiger partial charge on any atom is -0.497 e. The molecular formula is C23H26N4O4. The van der Waals surface area contributed by atoms with Crippen molar-refractivity contribution in [2.45, 2.75) is 31.7 Å². The Balaban J connectivity index is 1.66. The molecule has 0 bridgehead atoms. The Morgan fingerprint density at radius 1 is 1.06 bits per heavy atom. The smallest absolute Gasteiger partial charge is 0.332 e. The molecule has 162 valence electrons. The molecule has 1 aliphatic rings. The maximum atomic E-state index is 13.1. The molecule has 1 aliphatic heterocycles. The van der Waals surface area contributed by atoms with Gasteiger partial charge in [0.15, 0.2) is 0 Å². The Labute approximate surface area is 179 Å². The van der Waals surface area contributed by atoms with Gasteiger partial charge in [-0.05, 0) is 49.1 Å². The SMILES string of the molecule is COc1ccc(CC(=O)N2CCCC[C@@H]2c2ccc3c(=O)n(C)c(=O)n(C)c3n2)cc1. The monoisotopic (exact) mass is 422 g/mol. The summed E-state index contributed by atoms with van der Waals surface area (Å²) >= 11 is 0. The molecule has 0 N–H and O–H groups in total. The molecule has 1 aromatic carbocycles. The van der Waals surface area contributed by atoms with E-state index in [-0.39, 0.29) is 17.5 Å². The topological polar surface area (TPSA) is 86.4 Å². The predicted molar refractivity (Wildman–Crippen MR) is 117 cm³/mol. The Kier molecular flexibility index (Phi) is 5.63. The highest BCUT2D eigenvalue weighted by Gasteiger charge is 2.29. The van der Waals surface area contributed by atoms with Gasteiger partial charge < -0.3 is 9.64 Å². The molecule has 0 aliphatic carbocycles. The van der Waals surface area contributed by atoms with Crippen LogP contribution in [0.2, 0.25) is 0 Å². The van der Waals surface area contributed by atoms with Gasteiger partial charge in [-0.15, -0.1) is 0 Å². The Morgan fingerprint density at radius 3 is 2.52 bits per heavy atom. The van der Waals surface area contributed by atoms with E-state index in [0.29, 0.717) is 29.7 Å². The molecule has 3 aromatic rings. The summed E-state index contributed by atoms with van der Waals surface area (Å²) in [5.74, 6) is 0.791. The molecular weight excluding hydrogens is 396 g/mol. The largest absolute Gasteiger partial charge is 0.497 e. The number of hydrogen-bond donors (Lipinski definition) is 0.